The van der Waals surface area contributed by atoms with Crippen LogP contribution in [0.2, 0.25) is 0 Å². The van der Waals surface area contributed by atoms with Gasteiger partial charge in [0.1, 0.15) is 5.54 Å². The second-order valence-electron chi connectivity index (χ2n) is 5.54. The Morgan fingerprint density at radius 2 is 1.86 bits per heavy atom. The minimum atomic E-state index is -1.18. The van der Waals surface area contributed by atoms with E-state index in [-0.39, 0.29) is 18.9 Å². The molecule has 7 heteroatoms. The van der Waals surface area contributed by atoms with Crippen molar-refractivity contribution < 1.29 is 19.5 Å². The first-order valence-electron chi connectivity index (χ1n) is 7.43. The van der Waals surface area contributed by atoms with Gasteiger partial charge in [0, 0.05) is 20.0 Å². The lowest BCUT2D eigenvalue weighted by molar-refractivity contribution is -0.146. The molecule has 1 saturated carbocycles. The van der Waals surface area contributed by atoms with Crippen LogP contribution in [0.3, 0.4) is 0 Å². The molecular formula is C14H25N3O4. The highest BCUT2D eigenvalue weighted by Gasteiger charge is 2.42. The van der Waals surface area contributed by atoms with Crippen LogP contribution in [0.4, 0.5) is 4.79 Å². The fourth-order valence-corrected chi connectivity index (χ4v) is 2.65. The molecule has 0 radical (unpaired) electrons. The van der Waals surface area contributed by atoms with Gasteiger partial charge in [-0.25, -0.2) is 9.59 Å². The average molecular weight is 299 g/mol. The first-order chi connectivity index (χ1) is 9.93. The van der Waals surface area contributed by atoms with Crippen molar-refractivity contribution in [2.24, 2.45) is 5.92 Å². The number of urea groups is 1. The zero-order chi connectivity index (χ0) is 15.9. The normalized spacial score (nSPS) is 25.0. The van der Waals surface area contributed by atoms with Gasteiger partial charge in [-0.3, -0.25) is 4.79 Å². The summed E-state index contributed by atoms with van der Waals surface area (Å²) in [7, 11) is 1.52. The maximum Gasteiger partial charge on any atom is 0.329 e. The highest BCUT2D eigenvalue weighted by molar-refractivity contribution is 5.86. The highest BCUT2D eigenvalue weighted by atomic mass is 16.4. The van der Waals surface area contributed by atoms with Crippen molar-refractivity contribution in [3.8, 4) is 0 Å². The van der Waals surface area contributed by atoms with E-state index in [9.17, 15) is 19.5 Å². The topological polar surface area (TPSA) is 108 Å². The maximum atomic E-state index is 11.8. The summed E-state index contributed by atoms with van der Waals surface area (Å²) in [5.74, 6) is -0.624. The molecule has 21 heavy (non-hydrogen) atoms. The van der Waals surface area contributed by atoms with Crippen LogP contribution in [0.1, 0.15) is 45.4 Å². The van der Waals surface area contributed by atoms with Crippen LogP contribution in [-0.4, -0.2) is 42.1 Å². The van der Waals surface area contributed by atoms with Crippen molar-refractivity contribution >= 4 is 17.9 Å². The molecule has 0 aromatic carbocycles. The molecule has 1 aliphatic carbocycles. The number of carboxylic acids is 1. The summed E-state index contributed by atoms with van der Waals surface area (Å²) in [6, 6.07) is -0.531. The van der Waals surface area contributed by atoms with Crippen molar-refractivity contribution in [3.05, 3.63) is 0 Å². The second-order valence-corrected chi connectivity index (χ2v) is 5.54. The molecule has 4 N–H and O–H groups in total. The minimum Gasteiger partial charge on any atom is -0.480 e. The monoisotopic (exact) mass is 299 g/mol. The number of aliphatic carboxylic acids is 1. The third-order valence-electron chi connectivity index (χ3n) is 4.21. The predicted octanol–water partition coefficient (Wildman–Crippen LogP) is 0.845. The van der Waals surface area contributed by atoms with E-state index in [4.69, 9.17) is 0 Å². The Labute approximate surface area is 124 Å². The van der Waals surface area contributed by atoms with E-state index in [0.717, 1.165) is 19.3 Å². The van der Waals surface area contributed by atoms with Crippen molar-refractivity contribution in [1.29, 1.82) is 0 Å². The van der Waals surface area contributed by atoms with Gasteiger partial charge < -0.3 is 21.1 Å². The van der Waals surface area contributed by atoms with Gasteiger partial charge >= 0.3 is 12.0 Å². The molecular weight excluding hydrogens is 274 g/mol. The SMILES string of the molecule is CCC1CCC(NC(=O)NCCC(=O)NC)(C(=O)O)CC1. The lowest BCUT2D eigenvalue weighted by atomic mass is 9.75. The minimum absolute atomic E-state index is 0.169. The molecule has 1 rings (SSSR count). The van der Waals surface area contributed by atoms with Crippen LogP contribution in [-0.2, 0) is 9.59 Å². The molecule has 0 spiro atoms. The van der Waals surface area contributed by atoms with Gasteiger partial charge in [0.2, 0.25) is 5.91 Å². The quantitative estimate of drug-likeness (QED) is 0.583. The van der Waals surface area contributed by atoms with E-state index >= 15 is 0 Å². The van der Waals surface area contributed by atoms with Crippen LogP contribution in [0.15, 0.2) is 0 Å². The number of carbonyl (C=O) groups excluding carboxylic acids is 2. The molecule has 0 aliphatic heterocycles. The number of nitrogens with one attached hydrogen (secondary N) is 3. The smallest absolute Gasteiger partial charge is 0.329 e. The predicted molar refractivity (Wildman–Crippen MR) is 77.8 cm³/mol. The van der Waals surface area contributed by atoms with E-state index in [2.05, 4.69) is 22.9 Å². The Balaban J connectivity index is 2.49. The van der Waals surface area contributed by atoms with Gasteiger partial charge in [0.25, 0.3) is 0 Å². The van der Waals surface area contributed by atoms with E-state index in [1.165, 1.54) is 7.05 Å². The molecule has 0 aromatic heterocycles. The molecule has 0 aromatic rings. The molecule has 1 fully saturated rings. The van der Waals surface area contributed by atoms with Gasteiger partial charge in [-0.15, -0.1) is 0 Å². The van der Waals surface area contributed by atoms with Crippen LogP contribution < -0.4 is 16.0 Å². The number of amides is 3. The first kappa shape index (κ1) is 17.3. The summed E-state index contributed by atoms with van der Waals surface area (Å²) < 4.78 is 0. The summed E-state index contributed by atoms with van der Waals surface area (Å²) in [5.41, 5.74) is -1.18. The zero-order valence-electron chi connectivity index (χ0n) is 12.7. The van der Waals surface area contributed by atoms with Crippen molar-refractivity contribution in [2.45, 2.75) is 51.0 Å². The van der Waals surface area contributed by atoms with Crippen molar-refractivity contribution in [2.75, 3.05) is 13.6 Å². The Morgan fingerprint density at radius 3 is 2.33 bits per heavy atom. The van der Waals surface area contributed by atoms with Crippen molar-refractivity contribution in [1.82, 2.24) is 16.0 Å². The van der Waals surface area contributed by atoms with Gasteiger partial charge in [-0.05, 0) is 31.6 Å². The Hall–Kier alpha value is -1.79. The van der Waals surface area contributed by atoms with Crippen molar-refractivity contribution in [3.63, 3.8) is 0 Å². The van der Waals surface area contributed by atoms with Gasteiger partial charge in [-0.1, -0.05) is 13.3 Å². The molecule has 7 nitrogen and oxygen atoms in total. The number of carboxylic acid groups (broad SMARTS) is 1. The van der Waals surface area contributed by atoms with Crippen LogP contribution in [0.5, 0.6) is 0 Å². The zero-order valence-corrected chi connectivity index (χ0v) is 12.7. The molecule has 120 valence electrons. The largest absolute Gasteiger partial charge is 0.480 e. The summed E-state index contributed by atoms with van der Waals surface area (Å²) in [6.45, 7) is 2.27. The van der Waals surface area contributed by atoms with Crippen LogP contribution >= 0.6 is 0 Å². The lowest BCUT2D eigenvalue weighted by Crippen LogP contribution is -2.58. The Kier molecular flexibility index (Phi) is 6.45. The molecule has 3 amide bonds. The number of hydrogen-bond donors (Lipinski definition) is 4. The van der Waals surface area contributed by atoms with Gasteiger partial charge in [0.05, 0.1) is 0 Å². The van der Waals surface area contributed by atoms with E-state index < -0.39 is 17.5 Å². The summed E-state index contributed by atoms with van der Waals surface area (Å²) in [4.78, 5) is 34.4. The van der Waals surface area contributed by atoms with E-state index in [1.807, 2.05) is 0 Å². The first-order valence-corrected chi connectivity index (χ1v) is 7.43. The molecule has 0 atom stereocenters. The van der Waals surface area contributed by atoms with E-state index in [0.29, 0.717) is 18.8 Å². The molecule has 0 heterocycles. The summed E-state index contributed by atoms with van der Waals surface area (Å²) >= 11 is 0. The molecule has 1 aliphatic rings. The third-order valence-corrected chi connectivity index (χ3v) is 4.21. The van der Waals surface area contributed by atoms with Crippen LogP contribution in [0.25, 0.3) is 0 Å². The molecule has 0 unspecified atom stereocenters. The van der Waals surface area contributed by atoms with Gasteiger partial charge in [-0.2, -0.15) is 0 Å². The molecule has 0 bridgehead atoms. The second kappa shape index (κ2) is 7.85. The third kappa shape index (κ3) is 4.91. The Bertz CT molecular complexity index is 390. The standard InChI is InChI=1S/C14H25N3O4/c1-3-10-4-7-14(8-5-10,12(19)20)17-13(21)16-9-6-11(18)15-2/h10H,3-9H2,1-2H3,(H,15,18)(H,19,20)(H2,16,17,21). The molecule has 0 saturated heterocycles. The summed E-state index contributed by atoms with van der Waals surface area (Å²) in [6.07, 6.45) is 3.71. The maximum absolute atomic E-state index is 11.8. The van der Waals surface area contributed by atoms with E-state index in [1.54, 1.807) is 0 Å². The fraction of sp³-hybridized carbons (Fsp3) is 0.786. The fourth-order valence-electron chi connectivity index (χ4n) is 2.65. The lowest BCUT2D eigenvalue weighted by Gasteiger charge is -2.37. The Morgan fingerprint density at radius 1 is 1.24 bits per heavy atom. The van der Waals surface area contributed by atoms with Gasteiger partial charge in [0.15, 0.2) is 0 Å². The number of rotatable bonds is 6. The number of hydrogen-bond acceptors (Lipinski definition) is 3. The highest BCUT2D eigenvalue weighted by Crippen LogP contribution is 2.33. The average Bonchev–Trinajstić information content (AvgIpc) is 2.47. The summed E-state index contributed by atoms with van der Waals surface area (Å²) in [5, 5.41) is 17.0. The van der Waals surface area contributed by atoms with Crippen LogP contribution in [0, 0.1) is 5.92 Å². The number of carbonyl (C=O) groups is 3.